The third kappa shape index (κ3) is 4.33. The molecule has 8 nitrogen and oxygen atoms in total. The lowest BCUT2D eigenvalue weighted by molar-refractivity contribution is -0.138. The maximum Gasteiger partial charge on any atom is 0.420 e. The van der Waals surface area contributed by atoms with E-state index in [1.807, 2.05) is 4.90 Å². The highest BCUT2D eigenvalue weighted by Crippen LogP contribution is 2.38. The normalized spacial score (nSPS) is 15.2. The number of anilines is 3. The molecule has 0 unspecified atom stereocenters. The van der Waals surface area contributed by atoms with E-state index in [9.17, 15) is 23.1 Å². The molecule has 1 saturated heterocycles. The number of hydrogen-bond acceptors (Lipinski definition) is 7. The van der Waals surface area contributed by atoms with Crippen LogP contribution in [0.4, 0.5) is 30.6 Å². The Morgan fingerprint density at radius 3 is 2.66 bits per heavy atom. The van der Waals surface area contributed by atoms with E-state index in [-0.39, 0.29) is 35.2 Å². The number of alkyl halides is 3. The topological polar surface area (TPSA) is 103 Å². The molecule has 0 atom stereocenters. The van der Waals surface area contributed by atoms with Gasteiger partial charge in [0.05, 0.1) is 18.2 Å². The molecule has 0 radical (unpaired) electrons. The van der Waals surface area contributed by atoms with Crippen molar-refractivity contribution in [3.63, 3.8) is 0 Å². The van der Waals surface area contributed by atoms with E-state index >= 15 is 0 Å². The molecule has 1 aromatic carbocycles. The number of rotatable bonds is 5. The quantitative estimate of drug-likeness (QED) is 0.549. The molecule has 3 aromatic rings. The second kappa shape index (κ2) is 8.65. The van der Waals surface area contributed by atoms with E-state index in [1.165, 1.54) is 25.4 Å². The van der Waals surface area contributed by atoms with Crippen LogP contribution in [0.3, 0.4) is 0 Å². The highest BCUT2D eigenvalue weighted by Gasteiger charge is 2.34. The molecule has 2 aromatic heterocycles. The molecule has 1 aliphatic heterocycles. The molecule has 4 rings (SSSR count). The smallest absolute Gasteiger partial charge is 0.420 e. The van der Waals surface area contributed by atoms with Gasteiger partial charge in [-0.3, -0.25) is 4.79 Å². The summed E-state index contributed by atoms with van der Waals surface area (Å²) in [5.41, 5.74) is -0.926. The van der Waals surface area contributed by atoms with Gasteiger partial charge in [0.1, 0.15) is 17.0 Å². The van der Waals surface area contributed by atoms with E-state index in [2.05, 4.69) is 20.3 Å². The Labute approximate surface area is 181 Å². The minimum Gasteiger partial charge on any atom is -0.496 e. The minimum absolute atomic E-state index is 0.103. The van der Waals surface area contributed by atoms with E-state index in [0.29, 0.717) is 24.6 Å². The molecule has 3 heterocycles. The molecular weight excluding hydrogens is 427 g/mol. The Morgan fingerprint density at radius 2 is 2.00 bits per heavy atom. The SMILES string of the molecule is COc1ccc(Nc2nc(N3CCC(CO)CC3)nc3cc[nH]c(=O)c23)cc1C(F)(F)F. The summed E-state index contributed by atoms with van der Waals surface area (Å²) in [5, 5.41) is 12.4. The summed E-state index contributed by atoms with van der Waals surface area (Å²) >= 11 is 0. The number of hydrogen-bond donors (Lipinski definition) is 3. The van der Waals surface area contributed by atoms with Crippen molar-refractivity contribution < 1.29 is 23.0 Å². The number of pyridine rings is 1. The number of ether oxygens (including phenoxy) is 1. The van der Waals surface area contributed by atoms with Gasteiger partial charge in [0.25, 0.3) is 5.56 Å². The molecule has 0 amide bonds. The lowest BCUT2D eigenvalue weighted by Crippen LogP contribution is -2.36. The van der Waals surface area contributed by atoms with Crippen molar-refractivity contribution in [2.24, 2.45) is 5.92 Å². The third-order valence-electron chi connectivity index (χ3n) is 5.53. The highest BCUT2D eigenvalue weighted by atomic mass is 19.4. The number of methoxy groups -OCH3 is 1. The van der Waals surface area contributed by atoms with Crippen molar-refractivity contribution in [3.8, 4) is 5.75 Å². The van der Waals surface area contributed by atoms with Crippen molar-refractivity contribution in [1.29, 1.82) is 0 Å². The van der Waals surface area contributed by atoms with Gasteiger partial charge in [0.2, 0.25) is 5.95 Å². The number of aromatic amines is 1. The van der Waals surface area contributed by atoms with Gasteiger partial charge in [-0.05, 0) is 43.0 Å². The van der Waals surface area contributed by atoms with Crippen LogP contribution in [0.1, 0.15) is 18.4 Å². The van der Waals surface area contributed by atoms with Crippen LogP contribution in [0.25, 0.3) is 10.9 Å². The standard InChI is InChI=1S/C21H22F3N5O3/c1-32-16-3-2-13(10-14(16)21(22,23)24)26-18-17-15(4-7-25-19(17)31)27-20(28-18)29-8-5-12(11-30)6-9-29/h2-4,7,10,12,30H,5-6,8-9,11H2,1H3,(H,25,31)(H,26,27,28). The monoisotopic (exact) mass is 449 g/mol. The Hall–Kier alpha value is -3.34. The van der Waals surface area contributed by atoms with Crippen LogP contribution in [0.15, 0.2) is 35.3 Å². The number of H-pyrrole nitrogens is 1. The number of fused-ring (bicyclic) bond motifs is 1. The average molecular weight is 449 g/mol. The molecule has 11 heteroatoms. The van der Waals surface area contributed by atoms with Gasteiger partial charge >= 0.3 is 6.18 Å². The molecule has 0 saturated carbocycles. The lowest BCUT2D eigenvalue weighted by Gasteiger charge is -2.31. The van der Waals surface area contributed by atoms with Crippen LogP contribution >= 0.6 is 0 Å². The molecule has 3 N–H and O–H groups in total. The summed E-state index contributed by atoms with van der Waals surface area (Å²) in [4.78, 5) is 25.9. The van der Waals surface area contributed by atoms with Crippen molar-refractivity contribution in [3.05, 3.63) is 46.4 Å². The number of aliphatic hydroxyl groups is 1. The molecule has 32 heavy (non-hydrogen) atoms. The second-order valence-corrected chi connectivity index (χ2v) is 7.59. The van der Waals surface area contributed by atoms with Gasteiger partial charge in [-0.15, -0.1) is 0 Å². The Kier molecular flexibility index (Phi) is 5.92. The first-order valence-electron chi connectivity index (χ1n) is 10.1. The highest BCUT2D eigenvalue weighted by molar-refractivity contribution is 5.91. The van der Waals surface area contributed by atoms with Crippen molar-refractivity contribution in [2.75, 3.05) is 37.0 Å². The Morgan fingerprint density at radius 1 is 1.25 bits per heavy atom. The van der Waals surface area contributed by atoms with Crippen LogP contribution < -0.4 is 20.5 Å². The first kappa shape index (κ1) is 21.9. The molecule has 170 valence electrons. The zero-order valence-electron chi connectivity index (χ0n) is 17.2. The summed E-state index contributed by atoms with van der Waals surface area (Å²) in [6.45, 7) is 1.37. The summed E-state index contributed by atoms with van der Waals surface area (Å²) in [6.07, 6.45) is -1.62. The second-order valence-electron chi connectivity index (χ2n) is 7.59. The van der Waals surface area contributed by atoms with E-state index < -0.39 is 17.3 Å². The van der Waals surface area contributed by atoms with Gasteiger partial charge in [-0.25, -0.2) is 4.98 Å². The largest absolute Gasteiger partial charge is 0.496 e. The first-order chi connectivity index (χ1) is 15.3. The number of aromatic nitrogens is 3. The van der Waals surface area contributed by atoms with E-state index in [4.69, 9.17) is 4.74 Å². The van der Waals surface area contributed by atoms with Crippen molar-refractivity contribution in [2.45, 2.75) is 19.0 Å². The summed E-state index contributed by atoms with van der Waals surface area (Å²) in [6, 6.07) is 5.16. The number of nitrogens with zero attached hydrogens (tertiary/aromatic N) is 3. The lowest BCUT2D eigenvalue weighted by atomic mass is 9.98. The molecule has 0 bridgehead atoms. The molecule has 1 aliphatic rings. The van der Waals surface area contributed by atoms with Crippen LogP contribution in [-0.4, -0.2) is 46.9 Å². The first-order valence-corrected chi connectivity index (χ1v) is 10.1. The molecule has 1 fully saturated rings. The number of piperidine rings is 1. The van der Waals surface area contributed by atoms with E-state index in [1.54, 1.807) is 6.07 Å². The van der Waals surface area contributed by atoms with Crippen molar-refractivity contribution in [1.82, 2.24) is 15.0 Å². The predicted molar refractivity (Wildman–Crippen MR) is 113 cm³/mol. The maximum atomic E-state index is 13.4. The predicted octanol–water partition coefficient (Wildman–Crippen LogP) is 3.30. The Balaban J connectivity index is 1.76. The van der Waals surface area contributed by atoms with Crippen LogP contribution in [-0.2, 0) is 6.18 Å². The fourth-order valence-corrected chi connectivity index (χ4v) is 3.77. The number of halogens is 3. The summed E-state index contributed by atoms with van der Waals surface area (Å²) in [5.74, 6) is 0.383. The zero-order chi connectivity index (χ0) is 22.9. The summed E-state index contributed by atoms with van der Waals surface area (Å²) < 4.78 is 45.1. The number of nitrogens with one attached hydrogen (secondary N) is 2. The van der Waals surface area contributed by atoms with Gasteiger partial charge < -0.3 is 25.0 Å². The third-order valence-corrected chi connectivity index (χ3v) is 5.53. The van der Waals surface area contributed by atoms with Crippen LogP contribution in [0.5, 0.6) is 5.75 Å². The molecular formula is C21H22F3N5O3. The molecule has 0 aliphatic carbocycles. The minimum atomic E-state index is -4.61. The van der Waals surface area contributed by atoms with E-state index in [0.717, 1.165) is 18.9 Å². The number of aliphatic hydroxyl groups excluding tert-OH is 1. The molecule has 0 spiro atoms. The van der Waals surface area contributed by atoms with Gasteiger partial charge in [0, 0.05) is 31.6 Å². The number of benzene rings is 1. The van der Waals surface area contributed by atoms with Gasteiger partial charge in [-0.2, -0.15) is 18.2 Å². The average Bonchev–Trinajstić information content (AvgIpc) is 2.78. The van der Waals surface area contributed by atoms with Gasteiger partial charge in [0.15, 0.2) is 0 Å². The fraction of sp³-hybridized carbons (Fsp3) is 0.381. The van der Waals surface area contributed by atoms with Crippen molar-refractivity contribution >= 4 is 28.4 Å². The Bertz CT molecular complexity index is 1170. The summed E-state index contributed by atoms with van der Waals surface area (Å²) in [7, 11) is 1.17. The van der Waals surface area contributed by atoms with Crippen LogP contribution in [0.2, 0.25) is 0 Å². The van der Waals surface area contributed by atoms with Crippen LogP contribution in [0, 0.1) is 5.92 Å². The van der Waals surface area contributed by atoms with Gasteiger partial charge in [-0.1, -0.05) is 0 Å². The maximum absolute atomic E-state index is 13.4. The fourth-order valence-electron chi connectivity index (χ4n) is 3.77. The zero-order valence-corrected chi connectivity index (χ0v) is 17.2.